The van der Waals surface area contributed by atoms with Gasteiger partial charge in [-0.1, -0.05) is 56.3 Å². The summed E-state index contributed by atoms with van der Waals surface area (Å²) < 4.78 is 43.0. The summed E-state index contributed by atoms with van der Waals surface area (Å²) in [6, 6.07) is 21.2. The highest BCUT2D eigenvalue weighted by atomic mass is 32.1. The van der Waals surface area contributed by atoms with Crippen molar-refractivity contribution in [2.45, 2.75) is 39.6 Å². The molecule has 210 valence electrons. The number of rotatable bonds is 10. The lowest BCUT2D eigenvalue weighted by Crippen LogP contribution is -2.39. The van der Waals surface area contributed by atoms with Crippen LogP contribution in [0.3, 0.4) is 0 Å². The van der Waals surface area contributed by atoms with Gasteiger partial charge < -0.3 is 15.4 Å². The van der Waals surface area contributed by atoms with E-state index in [-0.39, 0.29) is 5.75 Å². The van der Waals surface area contributed by atoms with Crippen molar-refractivity contribution < 1.29 is 17.9 Å². The predicted octanol–water partition coefficient (Wildman–Crippen LogP) is 6.38. The zero-order chi connectivity index (χ0) is 28.7. The molecule has 0 saturated carbocycles. The molecule has 3 aromatic carbocycles. The fourth-order valence-corrected chi connectivity index (χ4v) is 4.12. The van der Waals surface area contributed by atoms with Crippen LogP contribution in [0.15, 0.2) is 72.8 Å². The van der Waals surface area contributed by atoms with E-state index in [2.05, 4.69) is 56.2 Å². The number of benzene rings is 3. The summed E-state index contributed by atoms with van der Waals surface area (Å²) in [6.45, 7) is 7.29. The van der Waals surface area contributed by atoms with E-state index in [1.807, 2.05) is 49.4 Å². The average Bonchev–Trinajstić information content (AvgIpc) is 3.33. The van der Waals surface area contributed by atoms with Crippen molar-refractivity contribution >= 4 is 29.0 Å². The summed E-state index contributed by atoms with van der Waals surface area (Å²) >= 11 is 5.42. The Morgan fingerprint density at radius 2 is 1.70 bits per heavy atom. The molecular formula is C28H30F3N7OS. The lowest BCUT2D eigenvalue weighted by atomic mass is 10.0. The first-order chi connectivity index (χ1) is 19.1. The number of nitrogens with zero attached hydrogens (tertiary/aromatic N) is 3. The van der Waals surface area contributed by atoms with Crippen molar-refractivity contribution in [1.82, 2.24) is 25.6 Å². The van der Waals surface area contributed by atoms with Crippen molar-refractivity contribution in [3.8, 4) is 22.8 Å². The second-order valence-electron chi connectivity index (χ2n) is 9.11. The Balaban J connectivity index is 1.38. The lowest BCUT2D eigenvalue weighted by Gasteiger charge is -2.16. The first-order valence-corrected chi connectivity index (χ1v) is 13.1. The van der Waals surface area contributed by atoms with Crippen LogP contribution in [0.4, 0.5) is 24.8 Å². The van der Waals surface area contributed by atoms with Crippen molar-refractivity contribution in [1.29, 1.82) is 0 Å². The van der Waals surface area contributed by atoms with Crippen molar-refractivity contribution in [3.05, 3.63) is 83.9 Å². The van der Waals surface area contributed by atoms with Gasteiger partial charge >= 0.3 is 6.36 Å². The number of aromatic nitrogens is 3. The second kappa shape index (κ2) is 12.8. The molecule has 0 atom stereocenters. The van der Waals surface area contributed by atoms with Crippen LogP contribution in [0.1, 0.15) is 37.8 Å². The zero-order valence-electron chi connectivity index (χ0n) is 22.2. The van der Waals surface area contributed by atoms with Crippen molar-refractivity contribution in [3.63, 3.8) is 0 Å². The van der Waals surface area contributed by atoms with Crippen LogP contribution in [0, 0.1) is 0 Å². The highest BCUT2D eigenvalue weighted by molar-refractivity contribution is 7.80. The molecule has 40 heavy (non-hydrogen) atoms. The fraction of sp³-hybridized carbons (Fsp3) is 0.250. The third-order valence-corrected chi connectivity index (χ3v) is 6.00. The van der Waals surface area contributed by atoms with Crippen LogP contribution < -0.4 is 26.2 Å². The van der Waals surface area contributed by atoms with Gasteiger partial charge in [0.05, 0.1) is 5.69 Å². The maximum atomic E-state index is 12.5. The van der Waals surface area contributed by atoms with Crippen LogP contribution >= 0.6 is 12.2 Å². The molecule has 1 heterocycles. The Hall–Kier alpha value is -4.16. The third kappa shape index (κ3) is 7.70. The lowest BCUT2D eigenvalue weighted by molar-refractivity contribution is -0.274. The SMILES string of the molecule is CCNc1nc(-c2ccc(CNNC(=S)Nc3ccccc3C(C)C)cc2)nn1-c1ccc(OC(F)(F)F)cc1. The van der Waals surface area contributed by atoms with Crippen LogP contribution in [-0.4, -0.2) is 32.8 Å². The summed E-state index contributed by atoms with van der Waals surface area (Å²) in [5.74, 6) is 0.999. The Bertz CT molecular complexity index is 1420. The van der Waals surface area contributed by atoms with E-state index < -0.39 is 6.36 Å². The molecule has 4 aromatic rings. The maximum absolute atomic E-state index is 12.5. The first kappa shape index (κ1) is 28.8. The molecule has 0 aliphatic rings. The van der Waals surface area contributed by atoms with E-state index in [9.17, 15) is 13.2 Å². The molecule has 0 bridgehead atoms. The van der Waals surface area contributed by atoms with E-state index in [0.717, 1.165) is 16.8 Å². The summed E-state index contributed by atoms with van der Waals surface area (Å²) in [7, 11) is 0. The van der Waals surface area contributed by atoms with E-state index in [4.69, 9.17) is 12.2 Å². The number of hydrogen-bond donors (Lipinski definition) is 4. The third-order valence-electron chi connectivity index (χ3n) is 5.79. The zero-order valence-corrected chi connectivity index (χ0v) is 23.0. The second-order valence-corrected chi connectivity index (χ2v) is 9.52. The van der Waals surface area contributed by atoms with Gasteiger partial charge in [-0.15, -0.1) is 18.3 Å². The van der Waals surface area contributed by atoms with Crippen LogP contribution in [0.5, 0.6) is 5.75 Å². The van der Waals surface area contributed by atoms with Crippen molar-refractivity contribution in [2.24, 2.45) is 0 Å². The van der Waals surface area contributed by atoms with Gasteiger partial charge in [0.15, 0.2) is 10.9 Å². The smallest absolute Gasteiger partial charge is 0.406 e. The van der Waals surface area contributed by atoms with Crippen LogP contribution in [-0.2, 0) is 6.54 Å². The van der Waals surface area contributed by atoms with E-state index in [0.29, 0.717) is 41.6 Å². The van der Waals surface area contributed by atoms with Gasteiger partial charge in [0.25, 0.3) is 0 Å². The summed E-state index contributed by atoms with van der Waals surface area (Å²) in [5, 5.41) is 11.4. The number of anilines is 2. The van der Waals surface area contributed by atoms with Gasteiger partial charge in [-0.25, -0.2) is 5.43 Å². The number of thiocarbonyl (C=S) groups is 1. The Morgan fingerprint density at radius 1 is 1.00 bits per heavy atom. The van der Waals surface area contributed by atoms with E-state index >= 15 is 0 Å². The minimum Gasteiger partial charge on any atom is -0.406 e. The Morgan fingerprint density at radius 3 is 2.35 bits per heavy atom. The molecule has 0 spiro atoms. The van der Waals surface area contributed by atoms with Crippen LogP contribution in [0.2, 0.25) is 0 Å². The maximum Gasteiger partial charge on any atom is 0.573 e. The quantitative estimate of drug-likeness (QED) is 0.129. The predicted molar refractivity (Wildman–Crippen MR) is 154 cm³/mol. The minimum atomic E-state index is -4.75. The molecule has 0 radical (unpaired) electrons. The summed E-state index contributed by atoms with van der Waals surface area (Å²) in [5.41, 5.74) is 10.6. The van der Waals surface area contributed by atoms with Crippen molar-refractivity contribution in [2.75, 3.05) is 17.2 Å². The van der Waals surface area contributed by atoms with E-state index in [1.165, 1.54) is 29.8 Å². The van der Waals surface area contributed by atoms with Gasteiger partial charge in [-0.05, 0) is 66.5 Å². The monoisotopic (exact) mass is 569 g/mol. The summed E-state index contributed by atoms with van der Waals surface area (Å²) in [4.78, 5) is 4.58. The molecule has 0 saturated heterocycles. The van der Waals surface area contributed by atoms with Gasteiger partial charge in [-0.3, -0.25) is 5.43 Å². The number of ether oxygens (including phenoxy) is 1. The molecule has 0 fully saturated rings. The minimum absolute atomic E-state index is 0.308. The van der Waals surface area contributed by atoms with Gasteiger partial charge in [-0.2, -0.15) is 9.67 Å². The number of nitrogens with one attached hydrogen (secondary N) is 4. The molecule has 0 aliphatic carbocycles. The standard InChI is InChI=1S/C28H30F3N7OS/c1-4-32-26-35-25(37-38(26)21-13-15-22(16-14-21)39-28(29,30)31)20-11-9-19(10-12-20)17-33-36-27(40)34-24-8-6-5-7-23(24)18(2)3/h5-16,18,33H,4,17H2,1-3H3,(H,32,35,37)(H2,34,36,40). The molecule has 4 rings (SSSR count). The molecular weight excluding hydrogens is 539 g/mol. The molecule has 0 aliphatic heterocycles. The Kier molecular flexibility index (Phi) is 9.22. The van der Waals surface area contributed by atoms with Gasteiger partial charge in [0.2, 0.25) is 5.95 Å². The number of hydrogen-bond acceptors (Lipinski definition) is 6. The molecule has 4 N–H and O–H groups in total. The molecule has 12 heteroatoms. The molecule has 0 unspecified atom stereocenters. The highest BCUT2D eigenvalue weighted by Gasteiger charge is 2.31. The molecule has 0 amide bonds. The molecule has 8 nitrogen and oxygen atoms in total. The largest absolute Gasteiger partial charge is 0.573 e. The Labute approximate surface area is 235 Å². The fourth-order valence-electron chi connectivity index (χ4n) is 3.94. The van der Waals surface area contributed by atoms with Gasteiger partial charge in [0, 0.05) is 24.3 Å². The summed E-state index contributed by atoms with van der Waals surface area (Å²) in [6.07, 6.45) is -4.75. The number of alkyl halides is 3. The number of para-hydroxylation sites is 1. The number of hydrazine groups is 1. The average molecular weight is 570 g/mol. The normalized spacial score (nSPS) is 11.4. The topological polar surface area (TPSA) is 88.1 Å². The number of halogens is 3. The van der Waals surface area contributed by atoms with Crippen LogP contribution in [0.25, 0.3) is 17.1 Å². The first-order valence-electron chi connectivity index (χ1n) is 12.7. The molecule has 1 aromatic heterocycles. The van der Waals surface area contributed by atoms with Gasteiger partial charge in [0.1, 0.15) is 5.75 Å². The highest BCUT2D eigenvalue weighted by Crippen LogP contribution is 2.26. The van der Waals surface area contributed by atoms with E-state index in [1.54, 1.807) is 4.68 Å².